The lowest BCUT2D eigenvalue weighted by atomic mass is 10.1. The molecule has 2 aliphatic heterocycles. The minimum atomic E-state index is 0.535. The first-order chi connectivity index (χ1) is 9.90. The van der Waals surface area contributed by atoms with Gasteiger partial charge in [-0.25, -0.2) is 4.98 Å². The first-order valence-corrected chi connectivity index (χ1v) is 8.39. The molecule has 2 aliphatic rings. The lowest BCUT2D eigenvalue weighted by molar-refractivity contribution is 0.162. The van der Waals surface area contributed by atoms with E-state index in [2.05, 4.69) is 29.2 Å². The molecular formula is C16H20N2OS. The number of nitrogens with zero attached hydrogens (tertiary/aromatic N) is 2. The van der Waals surface area contributed by atoms with Crippen LogP contribution in [-0.2, 0) is 4.74 Å². The van der Waals surface area contributed by atoms with Crippen molar-refractivity contribution in [3.05, 3.63) is 29.3 Å². The number of thiazole rings is 1. The molecule has 3 heterocycles. The molecule has 0 bridgehead atoms. The van der Waals surface area contributed by atoms with E-state index in [-0.39, 0.29) is 0 Å². The van der Waals surface area contributed by atoms with Gasteiger partial charge in [-0.3, -0.25) is 4.90 Å². The van der Waals surface area contributed by atoms with Crippen molar-refractivity contribution in [1.29, 1.82) is 0 Å². The highest BCUT2D eigenvalue weighted by atomic mass is 32.1. The maximum absolute atomic E-state index is 5.52. The molecule has 0 spiro atoms. The van der Waals surface area contributed by atoms with Gasteiger partial charge in [0.15, 0.2) is 0 Å². The van der Waals surface area contributed by atoms with Crippen LogP contribution in [-0.4, -0.2) is 36.2 Å². The summed E-state index contributed by atoms with van der Waals surface area (Å²) in [5.74, 6) is 0.727. The zero-order chi connectivity index (χ0) is 13.4. The largest absolute Gasteiger partial charge is 0.381 e. The SMILES string of the molecule is c1ccc2sc(C3CCCN3CC3CCOC3)nc2c1. The van der Waals surface area contributed by atoms with E-state index in [1.165, 1.54) is 42.1 Å². The Kier molecular flexibility index (Phi) is 3.46. The summed E-state index contributed by atoms with van der Waals surface area (Å²) in [4.78, 5) is 7.50. The average Bonchev–Trinajstić information content (AvgIpc) is 3.18. The summed E-state index contributed by atoms with van der Waals surface area (Å²) in [6.07, 6.45) is 3.78. The fourth-order valence-electron chi connectivity index (χ4n) is 3.42. The van der Waals surface area contributed by atoms with E-state index in [9.17, 15) is 0 Å². The molecule has 106 valence electrons. The van der Waals surface area contributed by atoms with E-state index in [0.29, 0.717) is 6.04 Å². The molecule has 2 unspecified atom stereocenters. The van der Waals surface area contributed by atoms with Crippen molar-refractivity contribution in [3.8, 4) is 0 Å². The van der Waals surface area contributed by atoms with Crippen LogP contribution in [0.25, 0.3) is 10.2 Å². The van der Waals surface area contributed by atoms with Crippen LogP contribution in [0.1, 0.15) is 30.3 Å². The smallest absolute Gasteiger partial charge is 0.111 e. The molecule has 0 saturated carbocycles. The van der Waals surface area contributed by atoms with Gasteiger partial charge in [0, 0.05) is 13.2 Å². The van der Waals surface area contributed by atoms with E-state index in [4.69, 9.17) is 9.72 Å². The lowest BCUT2D eigenvalue weighted by Crippen LogP contribution is -2.29. The third-order valence-electron chi connectivity index (χ3n) is 4.48. The summed E-state index contributed by atoms with van der Waals surface area (Å²) in [6, 6.07) is 9.02. The highest BCUT2D eigenvalue weighted by molar-refractivity contribution is 7.18. The summed E-state index contributed by atoms with van der Waals surface area (Å²) in [5, 5.41) is 1.31. The number of likely N-dealkylation sites (tertiary alicyclic amines) is 1. The van der Waals surface area contributed by atoms with Crippen LogP contribution in [0.2, 0.25) is 0 Å². The van der Waals surface area contributed by atoms with E-state index in [1.54, 1.807) is 0 Å². The Hall–Kier alpha value is -0.970. The first-order valence-electron chi connectivity index (χ1n) is 7.57. The highest BCUT2D eigenvalue weighted by Gasteiger charge is 2.31. The van der Waals surface area contributed by atoms with E-state index < -0.39 is 0 Å². The van der Waals surface area contributed by atoms with Gasteiger partial charge in [-0.2, -0.15) is 0 Å². The fraction of sp³-hybridized carbons (Fsp3) is 0.562. The number of rotatable bonds is 3. The molecule has 2 fully saturated rings. The van der Waals surface area contributed by atoms with Crippen LogP contribution in [0, 0.1) is 5.92 Å². The molecule has 1 aromatic heterocycles. The van der Waals surface area contributed by atoms with Crippen LogP contribution < -0.4 is 0 Å². The summed E-state index contributed by atoms with van der Waals surface area (Å²) in [6.45, 7) is 4.30. The van der Waals surface area contributed by atoms with Gasteiger partial charge in [0.05, 0.1) is 22.9 Å². The lowest BCUT2D eigenvalue weighted by Gasteiger charge is -2.25. The van der Waals surface area contributed by atoms with Gasteiger partial charge in [-0.15, -0.1) is 11.3 Å². The molecule has 1 aromatic carbocycles. The zero-order valence-electron chi connectivity index (χ0n) is 11.6. The molecule has 4 rings (SSSR count). The van der Waals surface area contributed by atoms with Gasteiger partial charge < -0.3 is 4.74 Å². The van der Waals surface area contributed by atoms with Gasteiger partial charge in [0.25, 0.3) is 0 Å². The van der Waals surface area contributed by atoms with Crippen molar-refractivity contribution in [1.82, 2.24) is 9.88 Å². The Morgan fingerprint density at radius 2 is 2.25 bits per heavy atom. The fourth-order valence-corrected chi connectivity index (χ4v) is 4.55. The summed E-state index contributed by atoms with van der Waals surface area (Å²) in [5.41, 5.74) is 1.16. The van der Waals surface area contributed by atoms with Crippen LogP contribution >= 0.6 is 11.3 Å². The Bertz CT molecular complexity index is 558. The standard InChI is InChI=1S/C16H20N2OS/c1-2-6-15-13(4-1)17-16(20-15)14-5-3-8-18(14)10-12-7-9-19-11-12/h1-2,4,6,12,14H,3,5,7-11H2. The normalized spacial score (nSPS) is 27.6. The highest BCUT2D eigenvalue weighted by Crippen LogP contribution is 2.37. The van der Waals surface area contributed by atoms with Crippen molar-refractivity contribution < 1.29 is 4.74 Å². The molecule has 0 aliphatic carbocycles. The Labute approximate surface area is 123 Å². The maximum Gasteiger partial charge on any atom is 0.111 e. The average molecular weight is 288 g/mol. The molecule has 3 nitrogen and oxygen atoms in total. The second-order valence-corrected chi connectivity index (χ2v) is 6.96. The van der Waals surface area contributed by atoms with Crippen molar-refractivity contribution in [2.24, 2.45) is 5.92 Å². The van der Waals surface area contributed by atoms with E-state index in [1.807, 2.05) is 11.3 Å². The Morgan fingerprint density at radius 3 is 3.10 bits per heavy atom. The van der Waals surface area contributed by atoms with E-state index >= 15 is 0 Å². The second-order valence-electron chi connectivity index (χ2n) is 5.90. The molecule has 20 heavy (non-hydrogen) atoms. The minimum Gasteiger partial charge on any atom is -0.381 e. The first kappa shape index (κ1) is 12.7. The van der Waals surface area contributed by atoms with Gasteiger partial charge in [-0.1, -0.05) is 12.1 Å². The third kappa shape index (κ3) is 2.36. The van der Waals surface area contributed by atoms with Crippen LogP contribution in [0.15, 0.2) is 24.3 Å². The number of ether oxygens (including phenoxy) is 1. The van der Waals surface area contributed by atoms with Crippen molar-refractivity contribution in [2.75, 3.05) is 26.3 Å². The predicted octanol–water partition coefficient (Wildman–Crippen LogP) is 3.47. The van der Waals surface area contributed by atoms with Crippen LogP contribution in [0.5, 0.6) is 0 Å². The molecule has 0 amide bonds. The summed E-state index contributed by atoms with van der Waals surface area (Å²) >= 11 is 1.87. The quantitative estimate of drug-likeness (QED) is 0.864. The number of benzene rings is 1. The van der Waals surface area contributed by atoms with Crippen molar-refractivity contribution in [2.45, 2.75) is 25.3 Å². The molecule has 0 N–H and O–H groups in total. The van der Waals surface area contributed by atoms with E-state index in [0.717, 1.165) is 24.6 Å². The molecule has 2 aromatic rings. The number of para-hydroxylation sites is 1. The third-order valence-corrected chi connectivity index (χ3v) is 5.61. The van der Waals surface area contributed by atoms with Crippen molar-refractivity contribution >= 4 is 21.6 Å². The Morgan fingerprint density at radius 1 is 1.30 bits per heavy atom. The van der Waals surface area contributed by atoms with Gasteiger partial charge >= 0.3 is 0 Å². The molecule has 0 radical (unpaired) electrons. The molecule has 2 atom stereocenters. The minimum absolute atomic E-state index is 0.535. The monoisotopic (exact) mass is 288 g/mol. The topological polar surface area (TPSA) is 25.4 Å². The maximum atomic E-state index is 5.52. The van der Waals surface area contributed by atoms with Gasteiger partial charge in [-0.05, 0) is 43.9 Å². The Balaban J connectivity index is 1.56. The van der Waals surface area contributed by atoms with Crippen LogP contribution in [0.4, 0.5) is 0 Å². The summed E-state index contributed by atoms with van der Waals surface area (Å²) < 4.78 is 6.83. The second kappa shape index (κ2) is 5.43. The molecule has 2 saturated heterocycles. The van der Waals surface area contributed by atoms with Crippen LogP contribution in [0.3, 0.4) is 0 Å². The predicted molar refractivity (Wildman–Crippen MR) is 82.1 cm³/mol. The van der Waals surface area contributed by atoms with Crippen molar-refractivity contribution in [3.63, 3.8) is 0 Å². The summed E-state index contributed by atoms with van der Waals surface area (Å²) in [7, 11) is 0. The molecule has 4 heteroatoms. The van der Waals surface area contributed by atoms with Gasteiger partial charge in [0.2, 0.25) is 0 Å². The number of fused-ring (bicyclic) bond motifs is 1. The van der Waals surface area contributed by atoms with Gasteiger partial charge in [0.1, 0.15) is 5.01 Å². The number of hydrogen-bond acceptors (Lipinski definition) is 4. The number of aromatic nitrogens is 1. The number of hydrogen-bond donors (Lipinski definition) is 0. The zero-order valence-corrected chi connectivity index (χ0v) is 12.4. The molecular weight excluding hydrogens is 268 g/mol.